The van der Waals surface area contributed by atoms with Crippen molar-refractivity contribution >= 4 is 17.3 Å². The molecule has 0 fully saturated rings. The lowest BCUT2D eigenvalue weighted by Crippen LogP contribution is -2.23. The van der Waals surface area contributed by atoms with Gasteiger partial charge in [0.2, 0.25) is 0 Å². The van der Waals surface area contributed by atoms with Crippen LogP contribution < -0.4 is 5.32 Å². The molecule has 3 aromatic heterocycles. The molecule has 43 heavy (non-hydrogen) atoms. The van der Waals surface area contributed by atoms with Gasteiger partial charge in [0.25, 0.3) is 5.91 Å². The summed E-state index contributed by atoms with van der Waals surface area (Å²) >= 11 is 0. The van der Waals surface area contributed by atoms with Crippen molar-refractivity contribution in [2.24, 2.45) is 0 Å². The maximum atomic E-state index is 14.7. The molecular weight excluding hydrogens is 559 g/mol. The first-order valence-electron chi connectivity index (χ1n) is 13.5. The number of amides is 1. The van der Waals surface area contributed by atoms with Crippen molar-refractivity contribution < 1.29 is 27.9 Å². The van der Waals surface area contributed by atoms with Crippen molar-refractivity contribution in [2.45, 2.75) is 19.5 Å². The van der Waals surface area contributed by atoms with Gasteiger partial charge in [0.05, 0.1) is 18.5 Å². The van der Waals surface area contributed by atoms with Gasteiger partial charge in [-0.1, -0.05) is 12.1 Å². The second-order valence-electron chi connectivity index (χ2n) is 10.1. The summed E-state index contributed by atoms with van der Waals surface area (Å²) in [5.41, 5.74) is 3.89. The number of fused-ring (bicyclic) bond motifs is 1. The van der Waals surface area contributed by atoms with Crippen molar-refractivity contribution in [1.29, 1.82) is 0 Å². The van der Waals surface area contributed by atoms with Crippen molar-refractivity contribution in [1.82, 2.24) is 24.6 Å². The Kier molecular flexibility index (Phi) is 8.93. The number of pyridine rings is 2. The van der Waals surface area contributed by atoms with E-state index < -0.39 is 29.1 Å². The molecule has 0 radical (unpaired) electrons. The van der Waals surface area contributed by atoms with Gasteiger partial charge in [-0.3, -0.25) is 23.9 Å². The smallest absolute Gasteiger partial charge is 0.251 e. The number of carbonyl (C=O) groups excluding carboxylic acids is 2. The maximum Gasteiger partial charge on any atom is 0.251 e. The summed E-state index contributed by atoms with van der Waals surface area (Å²) in [6.07, 6.45) is 4.59. The Labute approximate surface area is 245 Å². The predicted octanol–water partition coefficient (Wildman–Crippen LogP) is 4.59. The first kappa shape index (κ1) is 29.6. The second kappa shape index (κ2) is 13.0. The third-order valence-electron chi connectivity index (χ3n) is 6.97. The normalized spacial score (nSPS) is 11.3. The van der Waals surface area contributed by atoms with Gasteiger partial charge < -0.3 is 10.4 Å². The minimum atomic E-state index is -1.02. The Balaban J connectivity index is 1.27. The maximum absolute atomic E-state index is 14.7. The molecule has 0 aliphatic rings. The fourth-order valence-electron chi connectivity index (χ4n) is 4.63. The fraction of sp³-hybridized carbons (Fsp3) is 0.188. The summed E-state index contributed by atoms with van der Waals surface area (Å²) in [6.45, 7) is 1.17. The standard InChI is InChI=1S/C32H28F3N5O3/c1-39(10-11-41)19-25-5-3-23(17-36-25)21-8-9-40-29(18-37-31(40)15-21)30(42)14-24-13-22(4-7-26(24)33)32(43)38-16-20-2-6-27(34)28(35)12-20/h2-9,12-13,15,17-18,41H,10-11,14,16,19H2,1H3,(H,38,43). The Morgan fingerprint density at radius 3 is 2.47 bits per heavy atom. The van der Waals surface area contributed by atoms with Crippen LogP contribution >= 0.6 is 0 Å². The summed E-state index contributed by atoms with van der Waals surface area (Å²) in [7, 11) is 1.90. The van der Waals surface area contributed by atoms with Crippen molar-refractivity contribution in [3.8, 4) is 11.1 Å². The first-order valence-corrected chi connectivity index (χ1v) is 13.5. The number of aliphatic hydroxyl groups is 1. The van der Waals surface area contributed by atoms with Gasteiger partial charge in [-0.15, -0.1) is 0 Å². The van der Waals surface area contributed by atoms with Gasteiger partial charge >= 0.3 is 0 Å². The number of likely N-dealkylation sites (N-methyl/N-ethyl adjacent to an activating group) is 1. The summed E-state index contributed by atoms with van der Waals surface area (Å²) in [4.78, 5) is 36.7. The molecule has 0 unspecified atom stereocenters. The highest BCUT2D eigenvalue weighted by molar-refractivity contribution is 5.98. The number of nitrogens with zero attached hydrogens (tertiary/aromatic N) is 4. The highest BCUT2D eigenvalue weighted by Crippen LogP contribution is 2.22. The number of rotatable bonds is 11. The zero-order valence-corrected chi connectivity index (χ0v) is 23.2. The molecule has 5 rings (SSSR count). The van der Waals surface area contributed by atoms with Crippen LogP contribution in [0.1, 0.15) is 37.7 Å². The number of aromatic nitrogens is 3. The molecule has 2 aromatic carbocycles. The van der Waals surface area contributed by atoms with E-state index in [0.717, 1.165) is 35.0 Å². The molecule has 0 saturated heterocycles. The molecule has 0 spiro atoms. The molecule has 5 aromatic rings. The van der Waals surface area contributed by atoms with Crippen LogP contribution in [0.4, 0.5) is 13.2 Å². The average molecular weight is 588 g/mol. The molecule has 2 N–H and O–H groups in total. The van der Waals surface area contributed by atoms with Crippen molar-refractivity contribution in [3.05, 3.63) is 125 Å². The summed E-state index contributed by atoms with van der Waals surface area (Å²) < 4.78 is 42.9. The Morgan fingerprint density at radius 2 is 1.72 bits per heavy atom. The van der Waals surface area contributed by atoms with Crippen LogP contribution in [0.5, 0.6) is 0 Å². The van der Waals surface area contributed by atoms with E-state index in [9.17, 15) is 22.8 Å². The van der Waals surface area contributed by atoms with E-state index in [0.29, 0.717) is 24.3 Å². The fourth-order valence-corrected chi connectivity index (χ4v) is 4.63. The number of Topliss-reactive ketones (excluding diaryl/α,β-unsaturated/α-hetero) is 1. The van der Waals surface area contributed by atoms with Crippen LogP contribution in [-0.4, -0.2) is 56.3 Å². The third-order valence-corrected chi connectivity index (χ3v) is 6.97. The number of hydrogen-bond donors (Lipinski definition) is 2. The first-order chi connectivity index (χ1) is 20.7. The van der Waals surface area contributed by atoms with E-state index in [1.165, 1.54) is 24.4 Å². The zero-order valence-electron chi connectivity index (χ0n) is 23.2. The molecular formula is C32H28F3N5O3. The van der Waals surface area contributed by atoms with Crippen molar-refractivity contribution in [3.63, 3.8) is 0 Å². The molecule has 11 heteroatoms. The molecule has 8 nitrogen and oxygen atoms in total. The van der Waals surface area contributed by atoms with E-state index in [1.54, 1.807) is 16.8 Å². The lowest BCUT2D eigenvalue weighted by Gasteiger charge is -2.14. The minimum absolute atomic E-state index is 0.0350. The van der Waals surface area contributed by atoms with Gasteiger partial charge in [0.15, 0.2) is 17.4 Å². The van der Waals surface area contributed by atoms with Crippen LogP contribution in [0.3, 0.4) is 0 Å². The van der Waals surface area contributed by atoms with E-state index in [-0.39, 0.29) is 36.4 Å². The third kappa shape index (κ3) is 6.96. The van der Waals surface area contributed by atoms with E-state index >= 15 is 0 Å². The number of halogens is 3. The van der Waals surface area contributed by atoms with E-state index in [4.69, 9.17) is 5.11 Å². The highest BCUT2D eigenvalue weighted by Gasteiger charge is 2.18. The summed E-state index contributed by atoms with van der Waals surface area (Å²) in [5.74, 6) is -3.60. The van der Waals surface area contributed by atoms with Crippen LogP contribution in [0.2, 0.25) is 0 Å². The highest BCUT2D eigenvalue weighted by atomic mass is 19.2. The Hall–Kier alpha value is -4.87. The molecule has 0 aliphatic carbocycles. The topological polar surface area (TPSA) is 99.8 Å². The molecule has 0 saturated carbocycles. The molecule has 0 atom stereocenters. The lowest BCUT2D eigenvalue weighted by molar-refractivity contribution is 0.0947. The Bertz CT molecular complexity index is 1790. The number of benzene rings is 2. The molecule has 3 heterocycles. The molecule has 0 aliphatic heterocycles. The van der Waals surface area contributed by atoms with E-state index in [1.807, 2.05) is 36.2 Å². The second-order valence-corrected chi connectivity index (χ2v) is 10.1. The number of hydrogen-bond acceptors (Lipinski definition) is 6. The largest absolute Gasteiger partial charge is 0.395 e. The zero-order chi connectivity index (χ0) is 30.5. The van der Waals surface area contributed by atoms with Gasteiger partial charge in [-0.05, 0) is 72.3 Å². The average Bonchev–Trinajstić information content (AvgIpc) is 3.43. The number of carbonyl (C=O) groups is 2. The van der Waals surface area contributed by atoms with Gasteiger partial charge in [0, 0.05) is 49.6 Å². The van der Waals surface area contributed by atoms with Crippen LogP contribution in [0, 0.1) is 17.5 Å². The molecule has 1 amide bonds. The minimum Gasteiger partial charge on any atom is -0.395 e. The van der Waals surface area contributed by atoms with Gasteiger partial charge in [-0.2, -0.15) is 0 Å². The SMILES string of the molecule is CN(CCO)Cc1ccc(-c2ccn3c(C(=O)Cc4cc(C(=O)NCc5ccc(F)c(F)c5)ccc4F)cnc3c2)cn1. The van der Waals surface area contributed by atoms with Crippen LogP contribution in [-0.2, 0) is 19.5 Å². The molecule has 0 bridgehead atoms. The van der Waals surface area contributed by atoms with Crippen LogP contribution in [0.25, 0.3) is 16.8 Å². The number of imidazole rings is 1. The number of ketones is 1. The summed E-state index contributed by atoms with van der Waals surface area (Å²) in [6, 6.07) is 14.5. The number of nitrogens with one attached hydrogen (secondary N) is 1. The number of aliphatic hydroxyl groups excluding tert-OH is 1. The van der Waals surface area contributed by atoms with Gasteiger partial charge in [0.1, 0.15) is 17.2 Å². The predicted molar refractivity (Wildman–Crippen MR) is 154 cm³/mol. The van der Waals surface area contributed by atoms with Crippen LogP contribution in [0.15, 0.2) is 79.3 Å². The monoisotopic (exact) mass is 587 g/mol. The Morgan fingerprint density at radius 1 is 0.907 bits per heavy atom. The lowest BCUT2D eigenvalue weighted by atomic mass is 10.0. The van der Waals surface area contributed by atoms with Crippen molar-refractivity contribution in [2.75, 3.05) is 20.2 Å². The molecule has 220 valence electrons. The summed E-state index contributed by atoms with van der Waals surface area (Å²) in [5, 5.41) is 11.7. The van der Waals surface area contributed by atoms with E-state index in [2.05, 4.69) is 15.3 Å². The van der Waals surface area contributed by atoms with Gasteiger partial charge in [-0.25, -0.2) is 18.2 Å². The quantitative estimate of drug-likeness (QED) is 0.219.